The van der Waals surface area contributed by atoms with Crippen LogP contribution >= 0.6 is 23.1 Å². The van der Waals surface area contributed by atoms with Crippen molar-refractivity contribution in [3.63, 3.8) is 0 Å². The smallest absolute Gasteiger partial charge is 0.204 e. The molecule has 2 rings (SSSR count). The van der Waals surface area contributed by atoms with Crippen molar-refractivity contribution in [1.82, 2.24) is 4.98 Å². The van der Waals surface area contributed by atoms with Crippen molar-refractivity contribution < 1.29 is 4.79 Å². The van der Waals surface area contributed by atoms with Crippen LogP contribution in [0.1, 0.15) is 27.9 Å². The minimum absolute atomic E-state index is 0.0321. The Kier molecular flexibility index (Phi) is 4.92. The third kappa shape index (κ3) is 3.68. The fourth-order valence-electron chi connectivity index (χ4n) is 1.62. The number of aromatic nitrogens is 1. The minimum Gasteiger partial charge on any atom is -0.294 e. The summed E-state index contributed by atoms with van der Waals surface area (Å²) in [7, 11) is 0. The van der Waals surface area contributed by atoms with E-state index in [2.05, 4.69) is 15.5 Å². The highest BCUT2D eigenvalue weighted by Crippen LogP contribution is 2.22. The summed E-state index contributed by atoms with van der Waals surface area (Å²) < 4.78 is 0. The van der Waals surface area contributed by atoms with Crippen molar-refractivity contribution >= 4 is 40.2 Å². The van der Waals surface area contributed by atoms with E-state index in [9.17, 15) is 4.79 Å². The van der Waals surface area contributed by atoms with Crippen LogP contribution in [0.3, 0.4) is 0 Å². The monoisotopic (exact) mass is 305 g/mol. The van der Waals surface area contributed by atoms with Gasteiger partial charge in [0.15, 0.2) is 5.78 Å². The van der Waals surface area contributed by atoms with Gasteiger partial charge in [-0.2, -0.15) is 5.10 Å². The number of hydrogen-bond acceptors (Lipinski definition) is 6. The summed E-state index contributed by atoms with van der Waals surface area (Å²) in [6, 6.07) is 8.11. The summed E-state index contributed by atoms with van der Waals surface area (Å²) >= 11 is 3.02. The second kappa shape index (κ2) is 6.67. The first-order valence-electron chi connectivity index (χ1n) is 6.01. The molecule has 1 aromatic carbocycles. The van der Waals surface area contributed by atoms with Gasteiger partial charge in [-0.1, -0.05) is 23.5 Å². The molecule has 0 unspecified atom stereocenters. The summed E-state index contributed by atoms with van der Waals surface area (Å²) in [6.45, 7) is 3.37. The van der Waals surface area contributed by atoms with E-state index in [1.165, 1.54) is 16.2 Å². The van der Waals surface area contributed by atoms with Crippen molar-refractivity contribution in [1.29, 1.82) is 0 Å². The summed E-state index contributed by atoms with van der Waals surface area (Å²) in [5, 5.41) is 4.77. The molecule has 0 saturated heterocycles. The zero-order valence-corrected chi connectivity index (χ0v) is 13.1. The lowest BCUT2D eigenvalue weighted by Crippen LogP contribution is -1.90. The Balaban J connectivity index is 2.02. The zero-order valence-electron chi connectivity index (χ0n) is 11.5. The maximum Gasteiger partial charge on any atom is 0.204 e. The lowest BCUT2D eigenvalue weighted by atomic mass is 10.2. The maximum absolute atomic E-state index is 11.3. The summed E-state index contributed by atoms with van der Waals surface area (Å²) in [4.78, 5) is 17.5. The van der Waals surface area contributed by atoms with Crippen molar-refractivity contribution in [2.45, 2.75) is 18.7 Å². The van der Waals surface area contributed by atoms with Crippen molar-refractivity contribution in [3.05, 3.63) is 40.4 Å². The van der Waals surface area contributed by atoms with Gasteiger partial charge in [0, 0.05) is 11.8 Å². The van der Waals surface area contributed by atoms with Crippen LogP contribution in [0.5, 0.6) is 0 Å². The number of thiazole rings is 1. The molecule has 0 radical (unpaired) electrons. The SMILES string of the molecule is CSc1ccc(/C=N/Nc2nc(C)c(C(C)=O)s2)cc1. The molecule has 0 amide bonds. The summed E-state index contributed by atoms with van der Waals surface area (Å²) in [5.41, 5.74) is 4.61. The van der Waals surface area contributed by atoms with Gasteiger partial charge >= 0.3 is 0 Å². The predicted molar refractivity (Wildman–Crippen MR) is 86.3 cm³/mol. The second-order valence-corrected chi connectivity index (χ2v) is 6.01. The number of benzene rings is 1. The van der Waals surface area contributed by atoms with Crippen molar-refractivity contribution in [2.75, 3.05) is 11.7 Å². The van der Waals surface area contributed by atoms with E-state index in [1.54, 1.807) is 24.9 Å². The second-order valence-electron chi connectivity index (χ2n) is 4.13. The highest BCUT2D eigenvalue weighted by Gasteiger charge is 2.10. The number of rotatable bonds is 5. The van der Waals surface area contributed by atoms with Gasteiger partial charge in [0.2, 0.25) is 5.13 Å². The van der Waals surface area contributed by atoms with Crippen LogP contribution < -0.4 is 5.43 Å². The molecule has 0 spiro atoms. The third-order valence-corrected chi connectivity index (χ3v) is 4.51. The number of hydrazone groups is 1. The number of nitrogens with zero attached hydrogens (tertiary/aromatic N) is 2. The molecule has 104 valence electrons. The zero-order chi connectivity index (χ0) is 14.5. The van der Waals surface area contributed by atoms with Gasteiger partial charge in [-0.3, -0.25) is 10.2 Å². The van der Waals surface area contributed by atoms with Gasteiger partial charge in [-0.15, -0.1) is 11.8 Å². The predicted octanol–water partition coefficient (Wildman–Crippen LogP) is 3.82. The molecule has 4 nitrogen and oxygen atoms in total. The van der Waals surface area contributed by atoms with Gasteiger partial charge in [0.1, 0.15) is 0 Å². The molecule has 0 aliphatic carbocycles. The lowest BCUT2D eigenvalue weighted by molar-refractivity contribution is 0.102. The highest BCUT2D eigenvalue weighted by atomic mass is 32.2. The third-order valence-electron chi connectivity index (χ3n) is 2.61. The molecule has 2 aromatic rings. The van der Waals surface area contributed by atoms with Crippen LogP contribution in [0.2, 0.25) is 0 Å². The van der Waals surface area contributed by atoms with E-state index in [4.69, 9.17) is 0 Å². The normalized spacial score (nSPS) is 10.9. The number of Topliss-reactive ketones (excluding diaryl/α,β-unsaturated/α-hetero) is 1. The molecule has 0 bridgehead atoms. The molecular formula is C14H15N3OS2. The lowest BCUT2D eigenvalue weighted by Gasteiger charge is -1.97. The van der Waals surface area contributed by atoms with Gasteiger partial charge < -0.3 is 0 Å². The van der Waals surface area contributed by atoms with Crippen LogP contribution in [-0.4, -0.2) is 23.2 Å². The average molecular weight is 305 g/mol. The van der Waals surface area contributed by atoms with Gasteiger partial charge in [0.25, 0.3) is 0 Å². The van der Waals surface area contributed by atoms with E-state index in [0.29, 0.717) is 10.0 Å². The molecule has 0 aliphatic rings. The topological polar surface area (TPSA) is 54.4 Å². The first-order chi connectivity index (χ1) is 9.60. The number of carbonyl (C=O) groups excluding carboxylic acids is 1. The van der Waals surface area contributed by atoms with E-state index in [0.717, 1.165) is 11.3 Å². The van der Waals surface area contributed by atoms with Crippen molar-refractivity contribution in [2.24, 2.45) is 5.10 Å². The molecule has 20 heavy (non-hydrogen) atoms. The number of thioether (sulfide) groups is 1. The van der Waals surface area contributed by atoms with Gasteiger partial charge in [0.05, 0.1) is 16.8 Å². The first-order valence-corrected chi connectivity index (χ1v) is 8.06. The van der Waals surface area contributed by atoms with Gasteiger partial charge in [-0.05, 0) is 30.9 Å². The first kappa shape index (κ1) is 14.7. The molecule has 6 heteroatoms. The maximum atomic E-state index is 11.3. The molecule has 1 heterocycles. The number of hydrogen-bond donors (Lipinski definition) is 1. The largest absolute Gasteiger partial charge is 0.294 e. The summed E-state index contributed by atoms with van der Waals surface area (Å²) in [6.07, 6.45) is 3.77. The highest BCUT2D eigenvalue weighted by molar-refractivity contribution is 7.98. The molecule has 0 saturated carbocycles. The Labute approximate surface area is 126 Å². The standard InChI is InChI=1S/C14H15N3OS2/c1-9-13(10(2)18)20-14(16-9)17-15-8-11-4-6-12(19-3)7-5-11/h4-8H,1-3H3,(H,16,17)/b15-8+. The average Bonchev–Trinajstić information content (AvgIpc) is 2.81. The van der Waals surface area contributed by atoms with Gasteiger partial charge in [-0.25, -0.2) is 4.98 Å². The van der Waals surface area contributed by atoms with E-state index >= 15 is 0 Å². The fraction of sp³-hybridized carbons (Fsp3) is 0.214. The molecule has 0 atom stereocenters. The molecule has 0 fully saturated rings. The molecule has 1 N–H and O–H groups in total. The molecule has 1 aromatic heterocycles. The fourth-order valence-corrected chi connectivity index (χ4v) is 2.84. The summed E-state index contributed by atoms with van der Waals surface area (Å²) in [5.74, 6) is 0.0321. The van der Waals surface area contributed by atoms with Crippen molar-refractivity contribution in [3.8, 4) is 0 Å². The van der Waals surface area contributed by atoms with E-state index in [1.807, 2.05) is 37.4 Å². The Hall–Kier alpha value is -1.66. The number of ketones is 1. The Morgan fingerprint density at radius 3 is 2.65 bits per heavy atom. The Morgan fingerprint density at radius 1 is 1.40 bits per heavy atom. The van der Waals surface area contributed by atoms with Crippen LogP contribution in [0.25, 0.3) is 0 Å². The Bertz CT molecular complexity index is 632. The number of carbonyl (C=O) groups is 1. The van der Waals surface area contributed by atoms with E-state index in [-0.39, 0.29) is 5.78 Å². The molecular weight excluding hydrogens is 290 g/mol. The molecule has 0 aliphatic heterocycles. The van der Waals surface area contributed by atoms with Crippen LogP contribution in [0, 0.1) is 6.92 Å². The Morgan fingerprint density at radius 2 is 2.10 bits per heavy atom. The minimum atomic E-state index is 0.0321. The number of anilines is 1. The van der Waals surface area contributed by atoms with E-state index < -0.39 is 0 Å². The quantitative estimate of drug-likeness (QED) is 0.395. The number of aryl methyl sites for hydroxylation is 1. The number of nitrogens with one attached hydrogen (secondary N) is 1. The van der Waals surface area contributed by atoms with Crippen LogP contribution in [0.4, 0.5) is 5.13 Å². The van der Waals surface area contributed by atoms with Crippen LogP contribution in [0.15, 0.2) is 34.3 Å². The van der Waals surface area contributed by atoms with Crippen LogP contribution in [-0.2, 0) is 0 Å².